The maximum Gasteiger partial charge on any atom is 0.337 e. The summed E-state index contributed by atoms with van der Waals surface area (Å²) in [5, 5.41) is 17.6. The Kier molecular flexibility index (Phi) is 4.10. The Hall–Kier alpha value is -2.40. The first kappa shape index (κ1) is 13.0. The molecule has 19 heavy (non-hydrogen) atoms. The van der Waals surface area contributed by atoms with Gasteiger partial charge in [0.05, 0.1) is 17.9 Å². The van der Waals surface area contributed by atoms with Gasteiger partial charge in [0.2, 0.25) is 0 Å². The standard InChI is InChI=1S/C14H13NO4/c16-8-10-1-5-13(6-2-10)19-9-12-4-3-11(7-15-12)14(17)18/h1-7,16H,8-9H2,(H,17,18). The van der Waals surface area contributed by atoms with Crippen molar-refractivity contribution < 1.29 is 19.7 Å². The summed E-state index contributed by atoms with van der Waals surface area (Å²) in [7, 11) is 0. The van der Waals surface area contributed by atoms with Crippen molar-refractivity contribution in [3.8, 4) is 5.75 Å². The van der Waals surface area contributed by atoms with E-state index in [0.29, 0.717) is 11.4 Å². The van der Waals surface area contributed by atoms with E-state index in [-0.39, 0.29) is 18.8 Å². The second kappa shape index (κ2) is 5.97. The summed E-state index contributed by atoms with van der Waals surface area (Å²) in [5.74, 6) is -0.333. The minimum Gasteiger partial charge on any atom is -0.487 e. The molecule has 0 bridgehead atoms. The number of carbonyl (C=O) groups is 1. The lowest BCUT2D eigenvalue weighted by Gasteiger charge is -2.06. The minimum atomic E-state index is -1.00. The molecule has 0 aliphatic rings. The highest BCUT2D eigenvalue weighted by atomic mass is 16.5. The van der Waals surface area contributed by atoms with Crippen LogP contribution in [0.5, 0.6) is 5.75 Å². The molecule has 0 radical (unpaired) electrons. The molecular formula is C14H13NO4. The van der Waals surface area contributed by atoms with Crippen molar-refractivity contribution in [1.29, 1.82) is 0 Å². The Morgan fingerprint density at radius 3 is 2.42 bits per heavy atom. The lowest BCUT2D eigenvalue weighted by atomic mass is 10.2. The average Bonchev–Trinajstić information content (AvgIpc) is 2.46. The van der Waals surface area contributed by atoms with Gasteiger partial charge in [-0.2, -0.15) is 0 Å². The predicted octanol–water partition coefficient (Wildman–Crippen LogP) is 1.85. The van der Waals surface area contributed by atoms with Crippen LogP contribution in [0.2, 0.25) is 0 Å². The van der Waals surface area contributed by atoms with Crippen molar-refractivity contribution in [3.05, 3.63) is 59.4 Å². The Bertz CT molecular complexity index is 549. The van der Waals surface area contributed by atoms with Crippen LogP contribution in [0.25, 0.3) is 0 Å². The van der Waals surface area contributed by atoms with E-state index < -0.39 is 5.97 Å². The highest BCUT2D eigenvalue weighted by molar-refractivity contribution is 5.87. The molecule has 0 unspecified atom stereocenters. The molecule has 0 saturated carbocycles. The van der Waals surface area contributed by atoms with Gasteiger partial charge in [-0.25, -0.2) is 4.79 Å². The van der Waals surface area contributed by atoms with Crippen molar-refractivity contribution >= 4 is 5.97 Å². The predicted molar refractivity (Wildman–Crippen MR) is 67.9 cm³/mol. The highest BCUT2D eigenvalue weighted by Gasteiger charge is 2.03. The molecule has 2 aromatic rings. The molecule has 5 heteroatoms. The highest BCUT2D eigenvalue weighted by Crippen LogP contribution is 2.13. The number of aliphatic hydroxyl groups is 1. The number of aromatic carboxylic acids is 1. The summed E-state index contributed by atoms with van der Waals surface area (Å²) >= 11 is 0. The Labute approximate surface area is 110 Å². The van der Waals surface area contributed by atoms with Crippen LogP contribution in [0.4, 0.5) is 0 Å². The third-order valence-electron chi connectivity index (χ3n) is 2.56. The van der Waals surface area contributed by atoms with E-state index in [4.69, 9.17) is 14.9 Å². The van der Waals surface area contributed by atoms with E-state index >= 15 is 0 Å². The largest absolute Gasteiger partial charge is 0.487 e. The molecule has 0 amide bonds. The van der Waals surface area contributed by atoms with Gasteiger partial charge >= 0.3 is 5.97 Å². The summed E-state index contributed by atoms with van der Waals surface area (Å²) in [4.78, 5) is 14.7. The fourth-order valence-electron chi connectivity index (χ4n) is 1.48. The maximum absolute atomic E-state index is 10.7. The molecule has 0 atom stereocenters. The summed E-state index contributed by atoms with van der Waals surface area (Å²) in [6.45, 7) is 0.261. The number of rotatable bonds is 5. The molecule has 1 aromatic carbocycles. The van der Waals surface area contributed by atoms with Crippen LogP contribution in [0.15, 0.2) is 42.6 Å². The summed E-state index contributed by atoms with van der Waals surface area (Å²) in [6.07, 6.45) is 1.30. The van der Waals surface area contributed by atoms with E-state index in [1.165, 1.54) is 12.3 Å². The van der Waals surface area contributed by atoms with Crippen LogP contribution in [0, 0.1) is 0 Å². The van der Waals surface area contributed by atoms with E-state index in [1.54, 1.807) is 30.3 Å². The molecule has 1 heterocycles. The van der Waals surface area contributed by atoms with Crippen LogP contribution in [0.3, 0.4) is 0 Å². The molecule has 0 aliphatic carbocycles. The molecule has 0 saturated heterocycles. The SMILES string of the molecule is O=C(O)c1ccc(COc2ccc(CO)cc2)nc1. The van der Waals surface area contributed by atoms with Crippen LogP contribution in [0.1, 0.15) is 21.6 Å². The fourth-order valence-corrected chi connectivity index (χ4v) is 1.48. The summed E-state index contributed by atoms with van der Waals surface area (Å²) < 4.78 is 5.50. The van der Waals surface area contributed by atoms with E-state index in [2.05, 4.69) is 4.98 Å². The molecule has 2 rings (SSSR count). The summed E-state index contributed by atoms with van der Waals surface area (Å²) in [6, 6.07) is 10.2. The summed E-state index contributed by atoms with van der Waals surface area (Å²) in [5.41, 5.74) is 1.61. The third kappa shape index (κ3) is 3.53. The maximum atomic E-state index is 10.7. The van der Waals surface area contributed by atoms with Crippen molar-refractivity contribution in [2.75, 3.05) is 0 Å². The number of nitrogens with zero attached hydrogens (tertiary/aromatic N) is 1. The molecule has 5 nitrogen and oxygen atoms in total. The van der Waals surface area contributed by atoms with Crippen molar-refractivity contribution in [1.82, 2.24) is 4.98 Å². The number of carboxylic acids is 1. The van der Waals surface area contributed by atoms with Crippen molar-refractivity contribution in [3.63, 3.8) is 0 Å². The number of carboxylic acid groups (broad SMARTS) is 1. The average molecular weight is 259 g/mol. The Morgan fingerprint density at radius 1 is 1.16 bits per heavy atom. The van der Waals surface area contributed by atoms with Crippen molar-refractivity contribution in [2.24, 2.45) is 0 Å². The van der Waals surface area contributed by atoms with Gasteiger partial charge in [0.25, 0.3) is 0 Å². The number of benzene rings is 1. The quantitative estimate of drug-likeness (QED) is 0.856. The van der Waals surface area contributed by atoms with E-state index in [9.17, 15) is 4.79 Å². The first-order chi connectivity index (χ1) is 9.19. The Morgan fingerprint density at radius 2 is 1.89 bits per heavy atom. The fraction of sp³-hybridized carbons (Fsp3) is 0.143. The van der Waals surface area contributed by atoms with Gasteiger partial charge in [-0.15, -0.1) is 0 Å². The number of ether oxygens (including phenoxy) is 1. The molecule has 98 valence electrons. The smallest absolute Gasteiger partial charge is 0.337 e. The van der Waals surface area contributed by atoms with Gasteiger partial charge < -0.3 is 14.9 Å². The topological polar surface area (TPSA) is 79.7 Å². The molecule has 0 spiro atoms. The van der Waals surface area contributed by atoms with Gasteiger partial charge in [0.1, 0.15) is 12.4 Å². The zero-order valence-electron chi connectivity index (χ0n) is 10.1. The van der Waals surface area contributed by atoms with Gasteiger partial charge in [-0.3, -0.25) is 4.98 Å². The van der Waals surface area contributed by atoms with Crippen LogP contribution >= 0.6 is 0 Å². The lowest BCUT2D eigenvalue weighted by molar-refractivity contribution is 0.0696. The molecule has 0 aliphatic heterocycles. The number of pyridine rings is 1. The van der Waals surface area contributed by atoms with Gasteiger partial charge in [0, 0.05) is 6.20 Å². The normalized spacial score (nSPS) is 10.2. The van der Waals surface area contributed by atoms with E-state index in [1.807, 2.05) is 0 Å². The molecular weight excluding hydrogens is 246 g/mol. The number of aromatic nitrogens is 1. The van der Waals surface area contributed by atoms with Gasteiger partial charge in [-0.05, 0) is 29.8 Å². The lowest BCUT2D eigenvalue weighted by Crippen LogP contribution is -2.01. The monoisotopic (exact) mass is 259 g/mol. The zero-order valence-corrected chi connectivity index (χ0v) is 10.1. The van der Waals surface area contributed by atoms with E-state index in [0.717, 1.165) is 5.56 Å². The van der Waals surface area contributed by atoms with Crippen LogP contribution in [-0.4, -0.2) is 21.2 Å². The zero-order chi connectivity index (χ0) is 13.7. The molecule has 0 fully saturated rings. The first-order valence-corrected chi connectivity index (χ1v) is 5.70. The van der Waals surface area contributed by atoms with Crippen LogP contribution < -0.4 is 4.74 Å². The third-order valence-corrected chi connectivity index (χ3v) is 2.56. The Balaban J connectivity index is 1.95. The first-order valence-electron chi connectivity index (χ1n) is 5.70. The number of hydrogen-bond acceptors (Lipinski definition) is 4. The molecule has 1 aromatic heterocycles. The van der Waals surface area contributed by atoms with Crippen LogP contribution in [-0.2, 0) is 13.2 Å². The molecule has 2 N–H and O–H groups in total. The van der Waals surface area contributed by atoms with Gasteiger partial charge in [-0.1, -0.05) is 12.1 Å². The second-order valence-electron chi connectivity index (χ2n) is 3.93. The number of aliphatic hydroxyl groups excluding tert-OH is 1. The van der Waals surface area contributed by atoms with Crippen molar-refractivity contribution in [2.45, 2.75) is 13.2 Å². The second-order valence-corrected chi connectivity index (χ2v) is 3.93. The minimum absolute atomic E-state index is 0.00150. The van der Waals surface area contributed by atoms with Gasteiger partial charge in [0.15, 0.2) is 0 Å². The number of hydrogen-bond donors (Lipinski definition) is 2.